The van der Waals surface area contributed by atoms with Crippen LogP contribution in [0.4, 0.5) is 10.1 Å². The Hall–Kier alpha value is -3.59. The Balaban J connectivity index is 1.34. The van der Waals surface area contributed by atoms with Crippen LogP contribution in [0.25, 0.3) is 0 Å². The zero-order valence-electron chi connectivity index (χ0n) is 20.2. The van der Waals surface area contributed by atoms with Crippen LogP contribution in [0.5, 0.6) is 0 Å². The Kier molecular flexibility index (Phi) is 6.57. The summed E-state index contributed by atoms with van der Waals surface area (Å²) in [7, 11) is 1.79. The number of aryl methyl sites for hydroxylation is 1. The number of imide groups is 1. The normalized spacial score (nSPS) is 17.5. The maximum atomic E-state index is 13.7. The molecule has 0 N–H and O–H groups in total. The number of piperidine rings is 1. The van der Waals surface area contributed by atoms with Crippen molar-refractivity contribution in [3.8, 4) is 0 Å². The van der Waals surface area contributed by atoms with Crippen molar-refractivity contribution in [2.24, 2.45) is 5.92 Å². The van der Waals surface area contributed by atoms with Crippen LogP contribution >= 0.6 is 11.3 Å². The lowest BCUT2D eigenvalue weighted by atomic mass is 9.95. The van der Waals surface area contributed by atoms with E-state index in [1.807, 2.05) is 23.3 Å². The monoisotopic (exact) mass is 506 g/mol. The maximum absolute atomic E-state index is 13.7. The molecule has 2 aliphatic rings. The number of nitrogens with zero attached hydrogens (tertiary/aromatic N) is 4. The summed E-state index contributed by atoms with van der Waals surface area (Å²) in [5, 5.41) is 2.94. The molecule has 9 heteroatoms. The lowest BCUT2D eigenvalue weighted by Gasteiger charge is -2.36. The molecule has 0 bridgehead atoms. The molecule has 1 aromatic heterocycles. The summed E-state index contributed by atoms with van der Waals surface area (Å²) < 4.78 is 13.7. The summed E-state index contributed by atoms with van der Waals surface area (Å²) in [4.78, 5) is 49.1. The molecular weight excluding hydrogens is 479 g/mol. The summed E-state index contributed by atoms with van der Waals surface area (Å²) in [6.45, 7) is 3.58. The summed E-state index contributed by atoms with van der Waals surface area (Å²) in [6, 6.07) is 11.2. The molecule has 7 nitrogen and oxygen atoms in total. The van der Waals surface area contributed by atoms with Gasteiger partial charge in [0.2, 0.25) is 5.91 Å². The van der Waals surface area contributed by atoms with Gasteiger partial charge in [-0.15, -0.1) is 11.3 Å². The topological polar surface area (TPSA) is 73.8 Å². The van der Waals surface area contributed by atoms with Crippen molar-refractivity contribution in [1.29, 1.82) is 0 Å². The number of hydrogen-bond acceptors (Lipinski definition) is 6. The van der Waals surface area contributed by atoms with E-state index in [1.54, 1.807) is 47.5 Å². The molecule has 3 heterocycles. The van der Waals surface area contributed by atoms with Crippen molar-refractivity contribution >= 4 is 34.7 Å². The molecule has 2 aromatic carbocycles. The van der Waals surface area contributed by atoms with Crippen molar-refractivity contribution in [2.75, 3.05) is 25.0 Å². The van der Waals surface area contributed by atoms with Crippen molar-refractivity contribution in [3.63, 3.8) is 0 Å². The van der Waals surface area contributed by atoms with Gasteiger partial charge in [-0.3, -0.25) is 19.3 Å². The third-order valence-corrected chi connectivity index (χ3v) is 7.58. The van der Waals surface area contributed by atoms with Gasteiger partial charge < -0.3 is 9.80 Å². The molecule has 1 unspecified atom stereocenters. The zero-order chi connectivity index (χ0) is 25.4. The van der Waals surface area contributed by atoms with Gasteiger partial charge >= 0.3 is 0 Å². The molecule has 3 amide bonds. The van der Waals surface area contributed by atoms with Gasteiger partial charge in [0.05, 0.1) is 46.5 Å². The highest BCUT2D eigenvalue weighted by Crippen LogP contribution is 2.35. The quantitative estimate of drug-likeness (QED) is 0.467. The summed E-state index contributed by atoms with van der Waals surface area (Å²) >= 11 is 1.56. The van der Waals surface area contributed by atoms with Crippen LogP contribution in [0.15, 0.2) is 47.8 Å². The molecule has 2 aliphatic heterocycles. The molecule has 1 atom stereocenters. The Morgan fingerprint density at radius 3 is 2.75 bits per heavy atom. The third-order valence-electron chi connectivity index (χ3n) is 6.76. The Bertz CT molecular complexity index is 1340. The summed E-state index contributed by atoms with van der Waals surface area (Å²) in [5.74, 6) is -1.35. The molecule has 36 heavy (non-hydrogen) atoms. The average molecular weight is 507 g/mol. The van der Waals surface area contributed by atoms with E-state index in [4.69, 9.17) is 0 Å². The first kappa shape index (κ1) is 24.1. The predicted molar refractivity (Wildman–Crippen MR) is 135 cm³/mol. The van der Waals surface area contributed by atoms with E-state index in [2.05, 4.69) is 4.98 Å². The molecule has 186 valence electrons. The second-order valence-electron chi connectivity index (χ2n) is 9.36. The van der Waals surface area contributed by atoms with Gasteiger partial charge in [0, 0.05) is 25.5 Å². The van der Waals surface area contributed by atoms with Crippen LogP contribution in [0, 0.1) is 18.7 Å². The number of carbonyl (C=O) groups excluding carboxylic acids is 3. The number of rotatable bonds is 6. The Morgan fingerprint density at radius 1 is 1.19 bits per heavy atom. The second kappa shape index (κ2) is 9.81. The van der Waals surface area contributed by atoms with Crippen molar-refractivity contribution in [1.82, 2.24) is 14.8 Å². The van der Waals surface area contributed by atoms with Crippen LogP contribution in [0.3, 0.4) is 0 Å². The van der Waals surface area contributed by atoms with Crippen LogP contribution in [0.1, 0.15) is 49.8 Å². The third kappa shape index (κ3) is 4.63. The fourth-order valence-electron chi connectivity index (χ4n) is 5.05. The lowest BCUT2D eigenvalue weighted by Crippen LogP contribution is -2.44. The number of aromatic nitrogens is 1. The standard InChI is InChI=1S/C27H27FN4O3S/c1-17-29-21(16-36-17)15-30(2)25(33)19-7-5-11-31(14-19)23-10-4-9-22-24(23)27(35)32(26(22)34)13-18-6-3-8-20(28)12-18/h3-4,6,8-10,12,16,19H,5,7,11,13-15H2,1-2H3. The molecular formula is C27H27FN4O3S. The maximum Gasteiger partial charge on any atom is 0.263 e. The van der Waals surface area contributed by atoms with Crippen LogP contribution in [-0.2, 0) is 17.9 Å². The number of anilines is 1. The van der Waals surface area contributed by atoms with E-state index in [9.17, 15) is 18.8 Å². The van der Waals surface area contributed by atoms with E-state index in [0.29, 0.717) is 42.0 Å². The first-order valence-electron chi connectivity index (χ1n) is 12.0. The number of thiazole rings is 1. The minimum Gasteiger partial charge on any atom is -0.370 e. The number of carbonyl (C=O) groups is 3. The molecule has 1 fully saturated rings. The van der Waals surface area contributed by atoms with E-state index in [1.165, 1.54) is 17.0 Å². The number of halogens is 1. The fraction of sp³-hybridized carbons (Fsp3) is 0.333. The number of benzene rings is 2. The van der Waals surface area contributed by atoms with Gasteiger partial charge in [0.15, 0.2) is 0 Å². The Labute approximate surface area is 213 Å². The summed E-state index contributed by atoms with van der Waals surface area (Å²) in [6.07, 6.45) is 1.57. The van der Waals surface area contributed by atoms with E-state index in [-0.39, 0.29) is 30.2 Å². The molecule has 0 saturated carbocycles. The molecule has 3 aromatic rings. The van der Waals surface area contributed by atoms with Gasteiger partial charge in [-0.1, -0.05) is 18.2 Å². The van der Waals surface area contributed by atoms with E-state index in [0.717, 1.165) is 23.5 Å². The predicted octanol–water partition coefficient (Wildman–Crippen LogP) is 4.26. The molecule has 0 spiro atoms. The summed E-state index contributed by atoms with van der Waals surface area (Å²) in [5.41, 5.74) is 2.80. The van der Waals surface area contributed by atoms with Gasteiger partial charge in [-0.25, -0.2) is 9.37 Å². The molecule has 0 radical (unpaired) electrons. The SMILES string of the molecule is Cc1nc(CN(C)C(=O)C2CCCN(c3cccc4c3C(=O)N(Cc3cccc(F)c3)C4=O)C2)cs1. The van der Waals surface area contributed by atoms with E-state index >= 15 is 0 Å². The number of hydrogen-bond donors (Lipinski definition) is 0. The molecule has 5 rings (SSSR count). The smallest absolute Gasteiger partial charge is 0.263 e. The second-order valence-corrected chi connectivity index (χ2v) is 10.4. The lowest BCUT2D eigenvalue weighted by molar-refractivity contribution is -0.135. The number of fused-ring (bicyclic) bond motifs is 1. The minimum absolute atomic E-state index is 0.00550. The van der Waals surface area contributed by atoms with Crippen LogP contribution in [-0.4, -0.2) is 52.6 Å². The van der Waals surface area contributed by atoms with Gasteiger partial charge in [0.25, 0.3) is 11.8 Å². The van der Waals surface area contributed by atoms with Gasteiger partial charge in [0.1, 0.15) is 5.82 Å². The minimum atomic E-state index is -0.413. The zero-order valence-corrected chi connectivity index (χ0v) is 21.1. The highest BCUT2D eigenvalue weighted by atomic mass is 32.1. The number of amides is 3. The average Bonchev–Trinajstić information content (AvgIpc) is 3.39. The van der Waals surface area contributed by atoms with Crippen molar-refractivity contribution < 1.29 is 18.8 Å². The van der Waals surface area contributed by atoms with Crippen LogP contribution in [0.2, 0.25) is 0 Å². The first-order chi connectivity index (χ1) is 17.3. The van der Waals surface area contributed by atoms with Gasteiger partial charge in [-0.05, 0) is 49.6 Å². The molecule has 1 saturated heterocycles. The van der Waals surface area contributed by atoms with Gasteiger partial charge in [-0.2, -0.15) is 0 Å². The van der Waals surface area contributed by atoms with Crippen molar-refractivity contribution in [2.45, 2.75) is 32.9 Å². The van der Waals surface area contributed by atoms with Crippen molar-refractivity contribution in [3.05, 3.63) is 81.1 Å². The molecule has 0 aliphatic carbocycles. The highest BCUT2D eigenvalue weighted by molar-refractivity contribution is 7.09. The Morgan fingerprint density at radius 2 is 2.00 bits per heavy atom. The van der Waals surface area contributed by atoms with Crippen LogP contribution < -0.4 is 4.90 Å². The van der Waals surface area contributed by atoms with E-state index < -0.39 is 5.82 Å². The highest BCUT2D eigenvalue weighted by Gasteiger charge is 2.39. The fourth-order valence-corrected chi connectivity index (χ4v) is 5.66. The largest absolute Gasteiger partial charge is 0.370 e. The first-order valence-corrected chi connectivity index (χ1v) is 12.8.